The predicted octanol–water partition coefficient (Wildman–Crippen LogP) is -0.355. The Balaban J connectivity index is 2.99. The Kier molecular flexibility index (Phi) is 2.04. The molecular formula is C8H11NO3. The molecule has 0 spiro atoms. The van der Waals surface area contributed by atoms with Crippen molar-refractivity contribution in [2.75, 3.05) is 0 Å². The minimum atomic E-state index is -1.14. The molecule has 0 aromatic heterocycles. The molecule has 0 bridgehead atoms. The second-order valence-corrected chi connectivity index (χ2v) is 3.05. The molecule has 1 aliphatic carbocycles. The van der Waals surface area contributed by atoms with Crippen LogP contribution in [0.2, 0.25) is 0 Å². The van der Waals surface area contributed by atoms with Gasteiger partial charge in [-0.2, -0.15) is 0 Å². The van der Waals surface area contributed by atoms with Crippen LogP contribution < -0.4 is 5.73 Å². The fourth-order valence-corrected chi connectivity index (χ4v) is 1.06. The van der Waals surface area contributed by atoms with Crippen LogP contribution in [0.15, 0.2) is 23.8 Å². The number of aliphatic carboxylic acids is 1. The lowest BCUT2D eigenvalue weighted by Gasteiger charge is -2.29. The summed E-state index contributed by atoms with van der Waals surface area (Å²) in [5.74, 6) is -1.14. The van der Waals surface area contributed by atoms with Gasteiger partial charge in [-0.3, -0.25) is 0 Å². The summed E-state index contributed by atoms with van der Waals surface area (Å²) in [6.07, 6.45) is 3.32. The van der Waals surface area contributed by atoms with Crippen molar-refractivity contribution in [1.82, 2.24) is 0 Å². The Morgan fingerprint density at radius 3 is 2.75 bits per heavy atom. The van der Waals surface area contributed by atoms with Gasteiger partial charge in [0.15, 0.2) is 0 Å². The van der Waals surface area contributed by atoms with Gasteiger partial charge in [0.05, 0.1) is 11.1 Å². The summed E-state index contributed by atoms with van der Waals surface area (Å²) in [6.45, 7) is 1.57. The van der Waals surface area contributed by atoms with Gasteiger partial charge in [0.2, 0.25) is 0 Å². The number of aliphatic hydroxyl groups excluding tert-OH is 1. The molecule has 0 aromatic carbocycles. The summed E-state index contributed by atoms with van der Waals surface area (Å²) in [7, 11) is 0. The monoisotopic (exact) mass is 169 g/mol. The number of carboxylic acids is 1. The summed E-state index contributed by atoms with van der Waals surface area (Å²) in [4.78, 5) is 10.5. The summed E-state index contributed by atoms with van der Waals surface area (Å²) in [5.41, 5.74) is 4.56. The lowest BCUT2D eigenvalue weighted by atomic mass is 9.86. The molecule has 66 valence electrons. The molecule has 0 aromatic rings. The van der Waals surface area contributed by atoms with Crippen molar-refractivity contribution in [2.45, 2.75) is 18.6 Å². The van der Waals surface area contributed by atoms with E-state index in [1.54, 1.807) is 13.0 Å². The molecule has 12 heavy (non-hydrogen) atoms. The van der Waals surface area contributed by atoms with Crippen molar-refractivity contribution in [3.05, 3.63) is 23.8 Å². The van der Waals surface area contributed by atoms with Gasteiger partial charge in [-0.1, -0.05) is 12.2 Å². The third kappa shape index (κ3) is 1.39. The highest BCUT2D eigenvalue weighted by Crippen LogP contribution is 2.20. The minimum absolute atomic E-state index is 0.0671. The topological polar surface area (TPSA) is 83.6 Å². The third-order valence-corrected chi connectivity index (χ3v) is 1.86. The quantitative estimate of drug-likeness (QED) is 0.500. The van der Waals surface area contributed by atoms with Crippen molar-refractivity contribution in [1.29, 1.82) is 0 Å². The van der Waals surface area contributed by atoms with E-state index in [4.69, 9.17) is 10.8 Å². The van der Waals surface area contributed by atoms with Crippen LogP contribution in [-0.2, 0) is 4.79 Å². The summed E-state index contributed by atoms with van der Waals surface area (Å²) < 4.78 is 0. The Morgan fingerprint density at radius 1 is 1.75 bits per heavy atom. The van der Waals surface area contributed by atoms with Crippen LogP contribution in [0.25, 0.3) is 0 Å². The largest absolute Gasteiger partial charge is 0.478 e. The first kappa shape index (κ1) is 8.96. The van der Waals surface area contributed by atoms with Gasteiger partial charge in [0, 0.05) is 0 Å². The van der Waals surface area contributed by atoms with Crippen LogP contribution in [0, 0.1) is 0 Å². The predicted molar refractivity (Wildman–Crippen MR) is 43.5 cm³/mol. The van der Waals surface area contributed by atoms with E-state index in [9.17, 15) is 9.90 Å². The van der Waals surface area contributed by atoms with E-state index >= 15 is 0 Å². The molecule has 1 aliphatic rings. The van der Waals surface area contributed by atoms with Gasteiger partial charge in [-0.25, -0.2) is 4.79 Å². The van der Waals surface area contributed by atoms with Gasteiger partial charge >= 0.3 is 5.97 Å². The maximum Gasteiger partial charge on any atom is 0.334 e. The van der Waals surface area contributed by atoms with Gasteiger partial charge in [0.1, 0.15) is 6.10 Å². The fraction of sp³-hybridized carbons (Fsp3) is 0.375. The average molecular weight is 169 g/mol. The van der Waals surface area contributed by atoms with E-state index in [1.165, 1.54) is 12.2 Å². The van der Waals surface area contributed by atoms with Crippen LogP contribution in [0.3, 0.4) is 0 Å². The smallest absolute Gasteiger partial charge is 0.334 e. The van der Waals surface area contributed by atoms with Gasteiger partial charge in [-0.05, 0) is 13.0 Å². The second-order valence-electron chi connectivity index (χ2n) is 3.05. The highest BCUT2D eigenvalue weighted by Gasteiger charge is 2.33. The normalized spacial score (nSPS) is 34.6. The molecule has 0 aliphatic heterocycles. The van der Waals surface area contributed by atoms with Crippen LogP contribution >= 0.6 is 0 Å². The Labute approximate surface area is 70.0 Å². The molecule has 1 rings (SSSR count). The highest BCUT2D eigenvalue weighted by atomic mass is 16.4. The zero-order valence-electron chi connectivity index (χ0n) is 6.69. The summed E-state index contributed by atoms with van der Waals surface area (Å²) in [6, 6.07) is 0. The lowest BCUT2D eigenvalue weighted by molar-refractivity contribution is -0.134. The SMILES string of the molecule is CC1(N)C=CC=C(C(=O)O)C1O. The van der Waals surface area contributed by atoms with E-state index < -0.39 is 17.6 Å². The highest BCUT2D eigenvalue weighted by molar-refractivity contribution is 5.89. The standard InChI is InChI=1S/C8H11NO3/c1-8(9)4-2-3-5(6(8)10)7(11)12/h2-4,6,10H,9H2,1H3,(H,11,12). The molecule has 0 amide bonds. The number of allylic oxidation sites excluding steroid dienone is 2. The van der Waals surface area contributed by atoms with Gasteiger partial charge < -0.3 is 15.9 Å². The molecule has 4 N–H and O–H groups in total. The molecule has 0 heterocycles. The van der Waals surface area contributed by atoms with Gasteiger partial charge in [0.25, 0.3) is 0 Å². The Morgan fingerprint density at radius 2 is 2.33 bits per heavy atom. The van der Waals surface area contributed by atoms with Crippen molar-refractivity contribution in [3.8, 4) is 0 Å². The minimum Gasteiger partial charge on any atom is -0.478 e. The first-order chi connectivity index (χ1) is 5.45. The Hall–Kier alpha value is -1.13. The number of nitrogens with two attached hydrogens (primary N) is 1. The van der Waals surface area contributed by atoms with Crippen molar-refractivity contribution in [3.63, 3.8) is 0 Å². The van der Waals surface area contributed by atoms with Crippen LogP contribution in [0.4, 0.5) is 0 Å². The third-order valence-electron chi connectivity index (χ3n) is 1.86. The molecule has 0 fully saturated rings. The number of carbonyl (C=O) groups is 1. The fourth-order valence-electron chi connectivity index (χ4n) is 1.06. The zero-order valence-corrected chi connectivity index (χ0v) is 6.69. The first-order valence-corrected chi connectivity index (χ1v) is 3.55. The average Bonchev–Trinajstić information content (AvgIpc) is 1.94. The molecule has 2 atom stereocenters. The van der Waals surface area contributed by atoms with E-state index in [1.807, 2.05) is 0 Å². The maximum atomic E-state index is 10.5. The van der Waals surface area contributed by atoms with Crippen molar-refractivity contribution >= 4 is 5.97 Å². The van der Waals surface area contributed by atoms with E-state index in [-0.39, 0.29) is 5.57 Å². The van der Waals surface area contributed by atoms with E-state index in [0.29, 0.717) is 0 Å². The first-order valence-electron chi connectivity index (χ1n) is 3.55. The molecular weight excluding hydrogens is 158 g/mol. The molecule has 2 unspecified atom stereocenters. The van der Waals surface area contributed by atoms with Crippen LogP contribution in [-0.4, -0.2) is 27.8 Å². The van der Waals surface area contributed by atoms with E-state index in [0.717, 1.165) is 0 Å². The van der Waals surface area contributed by atoms with Crippen molar-refractivity contribution in [2.24, 2.45) is 5.73 Å². The second kappa shape index (κ2) is 2.73. The number of rotatable bonds is 1. The van der Waals surface area contributed by atoms with Gasteiger partial charge in [-0.15, -0.1) is 0 Å². The number of hydrogen-bond donors (Lipinski definition) is 3. The molecule has 0 saturated carbocycles. The molecule has 4 heteroatoms. The number of aliphatic hydroxyl groups is 1. The summed E-state index contributed by atoms with van der Waals surface area (Å²) in [5, 5.41) is 18.1. The van der Waals surface area contributed by atoms with E-state index in [2.05, 4.69) is 0 Å². The summed E-state index contributed by atoms with van der Waals surface area (Å²) >= 11 is 0. The maximum absolute atomic E-state index is 10.5. The van der Waals surface area contributed by atoms with Crippen LogP contribution in [0.5, 0.6) is 0 Å². The number of hydrogen-bond acceptors (Lipinski definition) is 3. The zero-order chi connectivity index (χ0) is 9.35. The number of carboxylic acid groups (broad SMARTS) is 1. The molecule has 4 nitrogen and oxygen atoms in total. The lowest BCUT2D eigenvalue weighted by Crippen LogP contribution is -2.49. The molecule has 0 saturated heterocycles. The molecule has 0 radical (unpaired) electrons. The van der Waals surface area contributed by atoms with Crippen LogP contribution in [0.1, 0.15) is 6.92 Å². The Bertz CT molecular complexity index is 265. The van der Waals surface area contributed by atoms with Crippen molar-refractivity contribution < 1.29 is 15.0 Å².